The highest BCUT2D eigenvalue weighted by Gasteiger charge is 2.56. The molecule has 0 saturated carbocycles. The van der Waals surface area contributed by atoms with E-state index in [1.54, 1.807) is 0 Å². The van der Waals surface area contributed by atoms with Crippen LogP contribution in [0.15, 0.2) is 0 Å². The van der Waals surface area contributed by atoms with Gasteiger partial charge in [0.15, 0.2) is 0 Å². The summed E-state index contributed by atoms with van der Waals surface area (Å²) in [5, 5.41) is 0. The first-order chi connectivity index (χ1) is 5.77. The van der Waals surface area contributed by atoms with Gasteiger partial charge in [0, 0.05) is 5.41 Å². The van der Waals surface area contributed by atoms with Gasteiger partial charge in [0.05, 0.1) is 13.2 Å². The van der Waals surface area contributed by atoms with Crippen molar-refractivity contribution >= 4 is 0 Å². The van der Waals surface area contributed by atoms with E-state index in [4.69, 9.17) is 10.5 Å². The molecule has 0 amide bonds. The Kier molecular flexibility index (Phi) is 2.50. The summed E-state index contributed by atoms with van der Waals surface area (Å²) in [6, 6.07) is 0. The molecule has 0 bridgehead atoms. The Morgan fingerprint density at radius 1 is 1.15 bits per heavy atom. The fraction of sp³-hybridized carbons (Fsp3) is 1.00. The lowest BCUT2D eigenvalue weighted by atomic mass is 9.52. The minimum Gasteiger partial charge on any atom is -0.380 e. The van der Waals surface area contributed by atoms with Gasteiger partial charge in [0.1, 0.15) is 0 Å². The molecule has 13 heavy (non-hydrogen) atoms. The van der Waals surface area contributed by atoms with Crippen LogP contribution in [-0.2, 0) is 4.74 Å². The molecule has 2 nitrogen and oxygen atoms in total. The first-order valence-electron chi connectivity index (χ1n) is 5.05. The van der Waals surface area contributed by atoms with Crippen molar-refractivity contribution in [3.8, 4) is 0 Å². The monoisotopic (exact) mass is 185 g/mol. The van der Waals surface area contributed by atoms with Crippen molar-refractivity contribution in [1.29, 1.82) is 0 Å². The molecule has 0 aliphatic carbocycles. The molecule has 78 valence electrons. The van der Waals surface area contributed by atoms with Crippen LogP contribution in [0.3, 0.4) is 0 Å². The molecule has 1 aliphatic rings. The van der Waals surface area contributed by atoms with Gasteiger partial charge in [0.2, 0.25) is 0 Å². The van der Waals surface area contributed by atoms with Gasteiger partial charge in [-0.1, -0.05) is 34.6 Å². The zero-order valence-electron chi connectivity index (χ0n) is 9.61. The van der Waals surface area contributed by atoms with Gasteiger partial charge in [-0.05, 0) is 17.4 Å². The summed E-state index contributed by atoms with van der Waals surface area (Å²) in [6.07, 6.45) is 0. The minimum absolute atomic E-state index is 0.170. The summed E-state index contributed by atoms with van der Waals surface area (Å²) < 4.78 is 5.40. The van der Waals surface area contributed by atoms with Crippen LogP contribution in [-0.4, -0.2) is 19.8 Å². The van der Waals surface area contributed by atoms with E-state index >= 15 is 0 Å². The molecule has 1 saturated heterocycles. The molecule has 0 spiro atoms. The second-order valence-electron chi connectivity index (χ2n) is 5.91. The van der Waals surface area contributed by atoms with Crippen LogP contribution in [0.25, 0.3) is 0 Å². The summed E-state index contributed by atoms with van der Waals surface area (Å²) in [4.78, 5) is 0. The van der Waals surface area contributed by atoms with Crippen molar-refractivity contribution in [2.75, 3.05) is 19.8 Å². The van der Waals surface area contributed by atoms with E-state index in [1.807, 2.05) is 0 Å². The summed E-state index contributed by atoms with van der Waals surface area (Å²) in [6.45, 7) is 13.8. The van der Waals surface area contributed by atoms with E-state index in [-0.39, 0.29) is 16.2 Å². The number of ether oxygens (including phenoxy) is 1. The largest absolute Gasteiger partial charge is 0.380 e. The van der Waals surface area contributed by atoms with Crippen LogP contribution in [0.1, 0.15) is 34.6 Å². The highest BCUT2D eigenvalue weighted by atomic mass is 16.5. The second-order valence-corrected chi connectivity index (χ2v) is 5.91. The predicted octanol–water partition coefficient (Wildman–Crippen LogP) is 2.03. The molecular formula is C11H23NO. The summed E-state index contributed by atoms with van der Waals surface area (Å²) >= 11 is 0. The van der Waals surface area contributed by atoms with Crippen LogP contribution in [0.4, 0.5) is 0 Å². The SMILES string of the molecule is CC(C)(C)C1(C(C)(C)CN)COC1. The highest BCUT2D eigenvalue weighted by Crippen LogP contribution is 2.55. The maximum Gasteiger partial charge on any atom is 0.0555 e. The van der Waals surface area contributed by atoms with Gasteiger partial charge in [-0.25, -0.2) is 0 Å². The maximum atomic E-state index is 5.84. The standard InChI is InChI=1S/C11H23NO/c1-9(2,3)11(7-13-8-11)10(4,5)6-12/h6-8,12H2,1-5H3. The highest BCUT2D eigenvalue weighted by molar-refractivity contribution is 5.04. The molecule has 1 fully saturated rings. The van der Waals surface area contributed by atoms with E-state index in [1.165, 1.54) is 0 Å². The quantitative estimate of drug-likeness (QED) is 0.714. The Labute approximate surface area is 81.8 Å². The van der Waals surface area contributed by atoms with Gasteiger partial charge in [-0.3, -0.25) is 0 Å². The van der Waals surface area contributed by atoms with Gasteiger partial charge in [-0.2, -0.15) is 0 Å². The van der Waals surface area contributed by atoms with Crippen LogP contribution < -0.4 is 5.73 Å². The van der Waals surface area contributed by atoms with Crippen LogP contribution in [0.5, 0.6) is 0 Å². The molecule has 1 aliphatic heterocycles. The zero-order valence-corrected chi connectivity index (χ0v) is 9.61. The molecule has 0 unspecified atom stereocenters. The topological polar surface area (TPSA) is 35.2 Å². The Hall–Kier alpha value is -0.0800. The molecule has 0 aromatic carbocycles. The zero-order chi connectivity index (χ0) is 10.3. The van der Waals surface area contributed by atoms with Gasteiger partial charge in [0.25, 0.3) is 0 Å². The smallest absolute Gasteiger partial charge is 0.0555 e. The Morgan fingerprint density at radius 2 is 1.62 bits per heavy atom. The van der Waals surface area contributed by atoms with Crippen molar-refractivity contribution in [2.45, 2.75) is 34.6 Å². The van der Waals surface area contributed by atoms with Crippen LogP contribution >= 0.6 is 0 Å². The van der Waals surface area contributed by atoms with E-state index in [9.17, 15) is 0 Å². The van der Waals surface area contributed by atoms with Crippen molar-refractivity contribution in [2.24, 2.45) is 22.0 Å². The third-order valence-electron chi connectivity index (χ3n) is 3.94. The molecule has 0 atom stereocenters. The van der Waals surface area contributed by atoms with Gasteiger partial charge >= 0.3 is 0 Å². The molecule has 1 heterocycles. The second kappa shape index (κ2) is 2.96. The number of rotatable bonds is 2. The van der Waals surface area contributed by atoms with Crippen molar-refractivity contribution < 1.29 is 4.74 Å². The summed E-state index contributed by atoms with van der Waals surface area (Å²) in [5.74, 6) is 0. The molecule has 0 aromatic heterocycles. The Balaban J connectivity index is 2.94. The minimum atomic E-state index is 0.170. The van der Waals surface area contributed by atoms with Crippen molar-refractivity contribution in [1.82, 2.24) is 0 Å². The molecular weight excluding hydrogens is 162 g/mol. The van der Waals surface area contributed by atoms with E-state index < -0.39 is 0 Å². The number of nitrogens with two attached hydrogens (primary N) is 1. The summed E-state index contributed by atoms with van der Waals surface area (Å²) in [7, 11) is 0. The lowest BCUT2D eigenvalue weighted by Crippen LogP contribution is -2.62. The predicted molar refractivity (Wildman–Crippen MR) is 55.5 cm³/mol. The third kappa shape index (κ3) is 1.40. The average molecular weight is 185 g/mol. The number of hydrogen-bond acceptors (Lipinski definition) is 2. The molecule has 0 radical (unpaired) electrons. The van der Waals surface area contributed by atoms with E-state index in [0.29, 0.717) is 0 Å². The first-order valence-corrected chi connectivity index (χ1v) is 5.05. The fourth-order valence-electron chi connectivity index (χ4n) is 2.34. The average Bonchev–Trinajstić information content (AvgIpc) is 1.80. The van der Waals surface area contributed by atoms with E-state index in [0.717, 1.165) is 19.8 Å². The Morgan fingerprint density at radius 3 is 1.69 bits per heavy atom. The molecule has 2 heteroatoms. The third-order valence-corrected chi connectivity index (χ3v) is 3.94. The lowest BCUT2D eigenvalue weighted by Gasteiger charge is -2.59. The fourth-order valence-corrected chi connectivity index (χ4v) is 2.34. The summed E-state index contributed by atoms with van der Waals surface area (Å²) in [5.41, 5.74) is 6.54. The molecule has 0 aromatic rings. The van der Waals surface area contributed by atoms with Crippen LogP contribution in [0, 0.1) is 16.2 Å². The molecule has 2 N–H and O–H groups in total. The van der Waals surface area contributed by atoms with Crippen molar-refractivity contribution in [3.05, 3.63) is 0 Å². The maximum absolute atomic E-state index is 5.84. The number of hydrogen-bond donors (Lipinski definition) is 1. The van der Waals surface area contributed by atoms with E-state index in [2.05, 4.69) is 34.6 Å². The normalized spacial score (nSPS) is 22.6. The first kappa shape index (κ1) is 11.0. The van der Waals surface area contributed by atoms with Crippen molar-refractivity contribution in [3.63, 3.8) is 0 Å². The van der Waals surface area contributed by atoms with Gasteiger partial charge in [-0.15, -0.1) is 0 Å². The molecule has 1 rings (SSSR count). The Bertz CT molecular complexity index is 187. The van der Waals surface area contributed by atoms with Crippen LogP contribution in [0.2, 0.25) is 0 Å². The lowest BCUT2D eigenvalue weighted by molar-refractivity contribution is -0.226. The van der Waals surface area contributed by atoms with Gasteiger partial charge < -0.3 is 10.5 Å².